The molecule has 0 saturated heterocycles. The van der Waals surface area contributed by atoms with Crippen LogP contribution in [0.4, 0.5) is 9.80 Å². The predicted molar refractivity (Wildman–Crippen MR) is 118 cm³/mol. The number of benzene rings is 1. The van der Waals surface area contributed by atoms with E-state index in [9.17, 15) is 9.59 Å². The summed E-state index contributed by atoms with van der Waals surface area (Å²) in [6.45, 7) is 5.52. The number of carbonyl (C=O) groups excluding carboxylic acids is 2. The molecule has 8 heteroatoms. The number of ketones is 1. The molecule has 2 aromatic heterocycles. The van der Waals surface area contributed by atoms with Gasteiger partial charge in [-0.3, -0.25) is 9.78 Å². The molecule has 0 aliphatic rings. The van der Waals surface area contributed by atoms with Crippen LogP contribution in [0.15, 0.2) is 61.1 Å². The molecular formula is C22H24N4O3S. The Bertz CT molecular complexity index is 984. The minimum Gasteiger partial charge on any atom is -0.444 e. The lowest BCUT2D eigenvalue weighted by atomic mass is 10.0. The van der Waals surface area contributed by atoms with E-state index in [1.165, 1.54) is 11.3 Å². The Labute approximate surface area is 179 Å². The van der Waals surface area contributed by atoms with E-state index in [1.54, 1.807) is 63.6 Å². The Kier molecular flexibility index (Phi) is 6.79. The van der Waals surface area contributed by atoms with E-state index in [-0.39, 0.29) is 12.3 Å². The Balaban J connectivity index is 1.71. The maximum atomic E-state index is 13.0. The molecule has 0 bridgehead atoms. The van der Waals surface area contributed by atoms with Crippen molar-refractivity contribution in [2.24, 2.45) is 0 Å². The number of pyridine rings is 1. The van der Waals surface area contributed by atoms with E-state index in [2.05, 4.69) is 20.6 Å². The van der Waals surface area contributed by atoms with Crippen LogP contribution >= 0.6 is 11.3 Å². The van der Waals surface area contributed by atoms with Gasteiger partial charge in [0.1, 0.15) is 21.7 Å². The molecule has 3 aromatic rings. The third-order valence-corrected chi connectivity index (χ3v) is 4.98. The van der Waals surface area contributed by atoms with Crippen molar-refractivity contribution in [3.8, 4) is 10.6 Å². The van der Waals surface area contributed by atoms with Gasteiger partial charge in [0.05, 0.1) is 6.20 Å². The maximum Gasteiger partial charge on any atom is 0.408 e. The van der Waals surface area contributed by atoms with Gasteiger partial charge < -0.3 is 15.4 Å². The highest BCUT2D eigenvalue weighted by molar-refractivity contribution is 7.18. The van der Waals surface area contributed by atoms with Gasteiger partial charge in [-0.1, -0.05) is 41.7 Å². The van der Waals surface area contributed by atoms with Gasteiger partial charge in [-0.2, -0.15) is 0 Å². The Morgan fingerprint density at radius 1 is 1.10 bits per heavy atom. The number of hydrogen-bond acceptors (Lipinski definition) is 7. The van der Waals surface area contributed by atoms with Crippen molar-refractivity contribution in [3.05, 3.63) is 66.6 Å². The number of Topliss-reactive ketones (excluding diaryl/α,β-unsaturated/α-hetero) is 1. The van der Waals surface area contributed by atoms with E-state index >= 15 is 0 Å². The van der Waals surface area contributed by atoms with E-state index in [0.29, 0.717) is 5.56 Å². The van der Waals surface area contributed by atoms with Gasteiger partial charge in [0.25, 0.3) is 0 Å². The van der Waals surface area contributed by atoms with Gasteiger partial charge in [-0.05, 0) is 32.9 Å². The van der Waals surface area contributed by atoms with E-state index in [4.69, 9.17) is 4.74 Å². The fraction of sp³-hybridized carbons (Fsp3) is 0.273. The zero-order valence-corrected chi connectivity index (χ0v) is 17.9. The first-order valence-corrected chi connectivity index (χ1v) is 10.3. The second-order valence-electron chi connectivity index (χ2n) is 7.58. The molecule has 156 valence electrons. The summed E-state index contributed by atoms with van der Waals surface area (Å²) in [5.74, 6) is -0.201. The number of aromatic nitrogens is 2. The molecule has 0 aliphatic carbocycles. The number of carbonyl (C=O) groups is 2. The number of ether oxygens (including phenoxy) is 1. The first kappa shape index (κ1) is 21.4. The minimum absolute atomic E-state index is 0.199. The molecule has 7 nitrogen and oxygen atoms in total. The number of nitrogens with one attached hydrogen (secondary N) is 2. The first-order valence-electron chi connectivity index (χ1n) is 9.51. The summed E-state index contributed by atoms with van der Waals surface area (Å²) in [5, 5.41) is 7.52. The highest BCUT2D eigenvalue weighted by atomic mass is 32.1. The fourth-order valence-corrected chi connectivity index (χ4v) is 3.48. The third-order valence-electron chi connectivity index (χ3n) is 3.98. The second-order valence-corrected chi connectivity index (χ2v) is 8.61. The summed E-state index contributed by atoms with van der Waals surface area (Å²) in [7, 11) is 0. The van der Waals surface area contributed by atoms with E-state index in [1.807, 2.05) is 18.2 Å². The zero-order chi connectivity index (χ0) is 21.6. The Hall–Kier alpha value is -3.26. The fourth-order valence-electron chi connectivity index (χ4n) is 2.65. The molecule has 1 unspecified atom stereocenters. The average molecular weight is 425 g/mol. The lowest BCUT2D eigenvalue weighted by molar-refractivity contribution is 0.0495. The first-order chi connectivity index (χ1) is 14.3. The number of hydrogen-bond donors (Lipinski definition) is 2. The number of amides is 1. The SMILES string of the molecule is CC(C)(C)OC(=O)NC(CNc1cnc(-c2ccncc2)s1)C(=O)c1ccccc1. The summed E-state index contributed by atoms with van der Waals surface area (Å²) in [5.41, 5.74) is 0.823. The van der Waals surface area contributed by atoms with E-state index in [0.717, 1.165) is 15.6 Å². The van der Waals surface area contributed by atoms with Gasteiger partial charge in [-0.25, -0.2) is 9.78 Å². The molecule has 2 N–H and O–H groups in total. The Morgan fingerprint density at radius 3 is 2.47 bits per heavy atom. The lowest BCUT2D eigenvalue weighted by Crippen LogP contribution is -2.47. The van der Waals surface area contributed by atoms with Crippen molar-refractivity contribution >= 4 is 28.2 Å². The Morgan fingerprint density at radius 2 is 1.80 bits per heavy atom. The molecule has 1 atom stereocenters. The minimum atomic E-state index is -0.797. The van der Waals surface area contributed by atoms with Crippen molar-refractivity contribution in [1.82, 2.24) is 15.3 Å². The van der Waals surface area contributed by atoms with Crippen LogP contribution in [-0.2, 0) is 4.74 Å². The summed E-state index contributed by atoms with van der Waals surface area (Å²) in [4.78, 5) is 33.7. The predicted octanol–water partition coefficient (Wildman–Crippen LogP) is 4.39. The average Bonchev–Trinajstić information content (AvgIpc) is 3.19. The quantitative estimate of drug-likeness (QED) is 0.546. The summed E-state index contributed by atoms with van der Waals surface area (Å²) in [6.07, 6.45) is 4.49. The highest BCUT2D eigenvalue weighted by Crippen LogP contribution is 2.27. The van der Waals surface area contributed by atoms with Crippen molar-refractivity contribution in [2.75, 3.05) is 11.9 Å². The smallest absolute Gasteiger partial charge is 0.408 e. The topological polar surface area (TPSA) is 93.2 Å². The van der Waals surface area contributed by atoms with Crippen LogP contribution < -0.4 is 10.6 Å². The molecule has 0 aliphatic heterocycles. The number of thiazole rings is 1. The summed E-state index contributed by atoms with van der Waals surface area (Å²) in [6, 6.07) is 11.8. The van der Waals surface area contributed by atoms with Gasteiger partial charge in [-0.15, -0.1) is 0 Å². The molecule has 1 amide bonds. The number of rotatable bonds is 7. The van der Waals surface area contributed by atoms with Crippen molar-refractivity contribution in [1.29, 1.82) is 0 Å². The van der Waals surface area contributed by atoms with Crippen molar-refractivity contribution in [2.45, 2.75) is 32.4 Å². The monoisotopic (exact) mass is 424 g/mol. The molecule has 30 heavy (non-hydrogen) atoms. The van der Waals surface area contributed by atoms with Crippen molar-refractivity contribution in [3.63, 3.8) is 0 Å². The van der Waals surface area contributed by atoms with Crippen LogP contribution in [0.25, 0.3) is 10.6 Å². The third kappa shape index (κ3) is 6.12. The molecule has 2 heterocycles. The second kappa shape index (κ2) is 9.49. The molecule has 0 radical (unpaired) electrons. The number of nitrogens with zero attached hydrogens (tertiary/aromatic N) is 2. The molecule has 0 saturated carbocycles. The van der Waals surface area contributed by atoms with Crippen LogP contribution in [-0.4, -0.2) is 40.0 Å². The molecule has 0 spiro atoms. The molecule has 0 fully saturated rings. The summed E-state index contributed by atoms with van der Waals surface area (Å²) < 4.78 is 5.32. The molecule has 3 rings (SSSR count). The standard InChI is InChI=1S/C22H24N4O3S/c1-22(2,3)29-21(28)26-17(19(27)15-7-5-4-6-8-15)13-24-18-14-25-20(30-18)16-9-11-23-12-10-16/h4-12,14,17,24H,13H2,1-3H3,(H,26,28). The van der Waals surface area contributed by atoms with Crippen LogP contribution in [0.1, 0.15) is 31.1 Å². The van der Waals surface area contributed by atoms with Crippen LogP contribution in [0.5, 0.6) is 0 Å². The van der Waals surface area contributed by atoms with Gasteiger partial charge in [0.15, 0.2) is 5.78 Å². The normalized spacial score (nSPS) is 12.1. The largest absolute Gasteiger partial charge is 0.444 e. The van der Waals surface area contributed by atoms with E-state index < -0.39 is 17.7 Å². The van der Waals surface area contributed by atoms with Crippen LogP contribution in [0.2, 0.25) is 0 Å². The molecule has 1 aromatic carbocycles. The summed E-state index contributed by atoms with van der Waals surface area (Å²) >= 11 is 1.46. The zero-order valence-electron chi connectivity index (χ0n) is 17.1. The van der Waals surface area contributed by atoms with Gasteiger partial charge in [0.2, 0.25) is 0 Å². The maximum absolute atomic E-state index is 13.0. The number of anilines is 1. The molecular weight excluding hydrogens is 400 g/mol. The van der Waals surface area contributed by atoms with Crippen LogP contribution in [0, 0.1) is 0 Å². The van der Waals surface area contributed by atoms with Gasteiger partial charge in [0, 0.05) is 30.1 Å². The van der Waals surface area contributed by atoms with Gasteiger partial charge >= 0.3 is 6.09 Å². The number of alkyl carbamates (subject to hydrolysis) is 1. The highest BCUT2D eigenvalue weighted by Gasteiger charge is 2.25. The van der Waals surface area contributed by atoms with Crippen molar-refractivity contribution < 1.29 is 14.3 Å². The lowest BCUT2D eigenvalue weighted by Gasteiger charge is -2.23. The van der Waals surface area contributed by atoms with Crippen LogP contribution in [0.3, 0.4) is 0 Å².